The summed E-state index contributed by atoms with van der Waals surface area (Å²) >= 11 is 0. The predicted molar refractivity (Wildman–Crippen MR) is 141 cm³/mol. The lowest BCUT2D eigenvalue weighted by molar-refractivity contribution is -0.190. The van der Waals surface area contributed by atoms with Crippen LogP contribution in [0.3, 0.4) is 0 Å². The number of aryl methyl sites for hydroxylation is 1. The lowest BCUT2D eigenvalue weighted by atomic mass is 9.60. The van der Waals surface area contributed by atoms with Gasteiger partial charge in [-0.1, -0.05) is 94.0 Å². The Morgan fingerprint density at radius 1 is 0.722 bits per heavy atom. The van der Waals surface area contributed by atoms with E-state index in [0.717, 1.165) is 51.4 Å². The van der Waals surface area contributed by atoms with Crippen LogP contribution < -0.4 is 0 Å². The predicted octanol–water partition coefficient (Wildman–Crippen LogP) is 7.07. The van der Waals surface area contributed by atoms with Crippen molar-refractivity contribution >= 4 is 11.9 Å². The van der Waals surface area contributed by atoms with Crippen LogP contribution in [0.5, 0.6) is 0 Å². The van der Waals surface area contributed by atoms with Crippen molar-refractivity contribution in [1.29, 1.82) is 0 Å². The summed E-state index contributed by atoms with van der Waals surface area (Å²) in [4.78, 5) is 27.0. The maximum absolute atomic E-state index is 13.5. The number of esters is 2. The second-order valence-electron chi connectivity index (χ2n) is 11.6. The lowest BCUT2D eigenvalue weighted by Gasteiger charge is -2.49. The molecule has 3 saturated carbocycles. The van der Waals surface area contributed by atoms with Crippen molar-refractivity contribution in [3.8, 4) is 0 Å². The van der Waals surface area contributed by atoms with Crippen LogP contribution in [-0.4, -0.2) is 24.1 Å². The zero-order chi connectivity index (χ0) is 25.1. The van der Waals surface area contributed by atoms with Gasteiger partial charge in [0.25, 0.3) is 0 Å². The first-order valence-electron chi connectivity index (χ1n) is 14.4. The zero-order valence-corrected chi connectivity index (χ0v) is 21.9. The molecular formula is C32H42O4. The summed E-state index contributed by atoms with van der Waals surface area (Å²) in [6, 6.07) is 8.43. The van der Waals surface area contributed by atoms with Crippen LogP contribution in [0.1, 0.15) is 88.2 Å². The number of carbonyl (C=O) groups excluding carboxylic acids is 2. The molecule has 0 heterocycles. The highest BCUT2D eigenvalue weighted by molar-refractivity contribution is 5.74. The van der Waals surface area contributed by atoms with E-state index in [0.29, 0.717) is 0 Å². The number of ether oxygens (including phenoxy) is 2. The lowest BCUT2D eigenvalue weighted by Crippen LogP contribution is -2.54. The van der Waals surface area contributed by atoms with Gasteiger partial charge in [0.05, 0.1) is 11.8 Å². The number of rotatable bonds is 5. The van der Waals surface area contributed by atoms with Gasteiger partial charge in [0.15, 0.2) is 0 Å². The summed E-state index contributed by atoms with van der Waals surface area (Å²) in [5.74, 6) is 0.171. The number of fused-ring (bicyclic) bond motifs is 1. The largest absolute Gasteiger partial charge is 0.458 e. The molecule has 6 atom stereocenters. The van der Waals surface area contributed by atoms with E-state index in [2.05, 4.69) is 62.4 Å². The topological polar surface area (TPSA) is 52.6 Å². The first kappa shape index (κ1) is 25.3. The fourth-order valence-electron chi connectivity index (χ4n) is 7.27. The van der Waals surface area contributed by atoms with Crippen molar-refractivity contribution in [1.82, 2.24) is 0 Å². The van der Waals surface area contributed by atoms with Crippen LogP contribution in [0, 0.1) is 36.5 Å². The third-order valence-electron chi connectivity index (χ3n) is 9.37. The van der Waals surface area contributed by atoms with Gasteiger partial charge in [-0.2, -0.15) is 0 Å². The molecule has 4 aliphatic rings. The van der Waals surface area contributed by atoms with Gasteiger partial charge in [-0.15, -0.1) is 0 Å². The molecule has 4 nitrogen and oxygen atoms in total. The number of hydrogen-bond acceptors (Lipinski definition) is 4. The maximum atomic E-state index is 13.5. The van der Waals surface area contributed by atoms with Gasteiger partial charge in [-0.25, -0.2) is 0 Å². The Morgan fingerprint density at radius 3 is 1.83 bits per heavy atom. The summed E-state index contributed by atoms with van der Waals surface area (Å²) in [5, 5.41) is 0. The second-order valence-corrected chi connectivity index (χ2v) is 11.6. The molecule has 4 heteroatoms. The Balaban J connectivity index is 1.51. The average molecular weight is 491 g/mol. The van der Waals surface area contributed by atoms with Gasteiger partial charge < -0.3 is 9.47 Å². The van der Waals surface area contributed by atoms with Gasteiger partial charge >= 0.3 is 11.9 Å². The van der Waals surface area contributed by atoms with Gasteiger partial charge in [0, 0.05) is 11.8 Å². The van der Waals surface area contributed by atoms with Crippen molar-refractivity contribution < 1.29 is 19.1 Å². The summed E-state index contributed by atoms with van der Waals surface area (Å²) in [7, 11) is 0. The fraction of sp³-hybridized carbons (Fsp3) is 0.625. The Bertz CT molecular complexity index is 982. The van der Waals surface area contributed by atoms with Crippen molar-refractivity contribution in [2.45, 2.75) is 96.2 Å². The number of benzene rings is 1. The monoisotopic (exact) mass is 490 g/mol. The van der Waals surface area contributed by atoms with E-state index >= 15 is 0 Å². The molecule has 0 aliphatic heterocycles. The highest BCUT2D eigenvalue weighted by Gasteiger charge is 2.52. The van der Waals surface area contributed by atoms with Crippen LogP contribution in [0.25, 0.3) is 0 Å². The van der Waals surface area contributed by atoms with Crippen LogP contribution in [0.2, 0.25) is 0 Å². The standard InChI is InChI=1S/C32H42O4/c1-21-13-9-10-18-25(21)28-27-20-12-11-19-26(27)22(2)29(35-31(33)23-14-5-3-6-15-23)30(28)36-32(34)24-16-7-4-8-17-24/h9-13,18-20,22-24,26-30H,3-8,14-17H2,1-2H3/t22?,26-,27-,28?,29?,30?/m0/s1. The average Bonchev–Trinajstić information content (AvgIpc) is 2.92. The normalized spacial score (nSPS) is 33.1. The SMILES string of the molecule is Cc1ccccc1C1C(OC(=O)C2CCCCC2)C(OC(=O)C2CCCCC2)C(C)[C@@H]2C=CC=C[C@H]12. The van der Waals surface area contributed by atoms with Crippen molar-refractivity contribution in [3.63, 3.8) is 0 Å². The Morgan fingerprint density at radius 2 is 1.25 bits per heavy atom. The molecule has 0 spiro atoms. The van der Waals surface area contributed by atoms with Gasteiger partial charge in [0.2, 0.25) is 0 Å². The number of allylic oxidation sites excluding steroid dienone is 4. The quantitative estimate of drug-likeness (QED) is 0.414. The number of hydrogen-bond donors (Lipinski definition) is 0. The van der Waals surface area contributed by atoms with E-state index in [1.54, 1.807) is 0 Å². The van der Waals surface area contributed by atoms with Crippen LogP contribution in [-0.2, 0) is 19.1 Å². The van der Waals surface area contributed by atoms with E-state index < -0.39 is 12.2 Å². The summed E-state index contributed by atoms with van der Waals surface area (Å²) in [6.45, 7) is 4.31. The van der Waals surface area contributed by atoms with E-state index in [1.807, 2.05) is 0 Å². The van der Waals surface area contributed by atoms with Gasteiger partial charge in [-0.05, 0) is 55.6 Å². The third-order valence-corrected chi connectivity index (χ3v) is 9.37. The molecule has 0 aromatic heterocycles. The van der Waals surface area contributed by atoms with Crippen molar-refractivity contribution in [2.75, 3.05) is 0 Å². The molecular weight excluding hydrogens is 448 g/mol. The zero-order valence-electron chi connectivity index (χ0n) is 21.9. The molecule has 4 unspecified atom stereocenters. The number of carbonyl (C=O) groups is 2. The van der Waals surface area contributed by atoms with E-state index in [1.165, 1.54) is 24.0 Å². The van der Waals surface area contributed by atoms with Crippen LogP contribution >= 0.6 is 0 Å². The Labute approximate surface area is 216 Å². The molecule has 194 valence electrons. The molecule has 0 radical (unpaired) electrons. The van der Waals surface area contributed by atoms with Crippen molar-refractivity contribution in [3.05, 3.63) is 59.7 Å². The molecule has 1 aromatic carbocycles. The van der Waals surface area contributed by atoms with E-state index in [-0.39, 0.29) is 47.4 Å². The molecule has 5 rings (SSSR count). The highest BCUT2D eigenvalue weighted by Crippen LogP contribution is 2.50. The Hall–Kier alpha value is -2.36. The molecule has 0 bridgehead atoms. The van der Waals surface area contributed by atoms with E-state index in [4.69, 9.17) is 9.47 Å². The smallest absolute Gasteiger partial charge is 0.309 e. The molecule has 0 saturated heterocycles. The minimum Gasteiger partial charge on any atom is -0.458 e. The fourth-order valence-corrected chi connectivity index (χ4v) is 7.27. The van der Waals surface area contributed by atoms with Crippen molar-refractivity contribution in [2.24, 2.45) is 29.6 Å². The Kier molecular flexibility index (Phi) is 7.98. The molecule has 3 fully saturated rings. The van der Waals surface area contributed by atoms with Gasteiger partial charge in [-0.3, -0.25) is 9.59 Å². The first-order chi connectivity index (χ1) is 17.5. The molecule has 0 amide bonds. The van der Waals surface area contributed by atoms with E-state index in [9.17, 15) is 9.59 Å². The summed E-state index contributed by atoms with van der Waals surface area (Å²) in [6.07, 6.45) is 18.2. The molecule has 0 N–H and O–H groups in total. The highest BCUT2D eigenvalue weighted by atomic mass is 16.6. The minimum atomic E-state index is -0.486. The molecule has 1 aromatic rings. The van der Waals surface area contributed by atoms with Gasteiger partial charge in [0.1, 0.15) is 12.2 Å². The second kappa shape index (κ2) is 11.4. The molecule has 4 aliphatic carbocycles. The first-order valence-corrected chi connectivity index (χ1v) is 14.4. The maximum Gasteiger partial charge on any atom is 0.309 e. The van der Waals surface area contributed by atoms with Crippen LogP contribution in [0.4, 0.5) is 0 Å². The van der Waals surface area contributed by atoms with Crippen LogP contribution in [0.15, 0.2) is 48.6 Å². The molecule has 36 heavy (non-hydrogen) atoms. The third kappa shape index (κ3) is 5.19. The minimum absolute atomic E-state index is 0.0305. The summed E-state index contributed by atoms with van der Waals surface area (Å²) < 4.78 is 12.9. The summed E-state index contributed by atoms with van der Waals surface area (Å²) in [5.41, 5.74) is 2.38.